The summed E-state index contributed by atoms with van der Waals surface area (Å²) in [6, 6.07) is 0. The van der Waals surface area contributed by atoms with Gasteiger partial charge < -0.3 is 10.9 Å². The highest BCUT2D eigenvalue weighted by atomic mass is 32.2. The topological polar surface area (TPSA) is 84.4 Å². The maximum atomic E-state index is 9.11. The van der Waals surface area contributed by atoms with Crippen LogP contribution in [0, 0.1) is 0 Å². The summed E-state index contributed by atoms with van der Waals surface area (Å²) in [5.41, 5.74) is 8.69. The van der Waals surface area contributed by atoms with Gasteiger partial charge in [-0.15, -0.1) is 16.9 Å². The van der Waals surface area contributed by atoms with Crippen LogP contribution in [0.2, 0.25) is 0 Å². The lowest BCUT2D eigenvalue weighted by Crippen LogP contribution is -2.21. The monoisotopic (exact) mass is 308 g/mol. The summed E-state index contributed by atoms with van der Waals surface area (Å²) in [6.45, 7) is 4.12. The zero-order valence-corrected chi connectivity index (χ0v) is 13.6. The molecular weight excluding hydrogens is 284 g/mol. The Morgan fingerprint density at radius 2 is 1.95 bits per heavy atom. The molecule has 0 amide bonds. The van der Waals surface area contributed by atoms with E-state index in [1.165, 1.54) is 32.1 Å². The van der Waals surface area contributed by atoms with Gasteiger partial charge in [-0.3, -0.25) is 0 Å². The number of amidine groups is 1. The molecule has 1 aromatic heterocycles. The number of aryl methyl sites for hydroxylation is 1. The summed E-state index contributed by atoms with van der Waals surface area (Å²) >= 11 is 1.74. The van der Waals surface area contributed by atoms with Crippen molar-refractivity contribution in [2.24, 2.45) is 10.9 Å². The van der Waals surface area contributed by atoms with E-state index >= 15 is 0 Å². The van der Waals surface area contributed by atoms with Crippen LogP contribution in [-0.2, 0) is 12.8 Å². The van der Waals surface area contributed by atoms with E-state index in [0.29, 0.717) is 5.25 Å². The summed E-state index contributed by atoms with van der Waals surface area (Å²) in [4.78, 5) is 0. The molecule has 1 aliphatic rings. The molecule has 3 N–H and O–H groups in total. The number of nitrogens with zero attached hydrogens (tertiary/aromatic N) is 3. The quantitative estimate of drug-likeness (QED) is 0.378. The first kappa shape index (κ1) is 16.1. The number of aromatic nitrogens is 2. The number of thioether (sulfide) groups is 1. The van der Waals surface area contributed by atoms with Crippen LogP contribution in [0.4, 0.5) is 0 Å². The Morgan fingerprint density at radius 1 is 1.24 bits per heavy atom. The van der Waals surface area contributed by atoms with Gasteiger partial charge in [0.15, 0.2) is 5.84 Å². The van der Waals surface area contributed by atoms with Gasteiger partial charge in [0.2, 0.25) is 0 Å². The van der Waals surface area contributed by atoms with Crippen molar-refractivity contribution in [3.63, 3.8) is 0 Å². The fourth-order valence-corrected chi connectivity index (χ4v) is 4.21. The van der Waals surface area contributed by atoms with Crippen LogP contribution in [0.15, 0.2) is 10.2 Å². The second-order valence-electron chi connectivity index (χ2n) is 5.38. The van der Waals surface area contributed by atoms with Gasteiger partial charge in [-0.05, 0) is 31.2 Å². The molecule has 0 aromatic carbocycles. The van der Waals surface area contributed by atoms with E-state index in [0.717, 1.165) is 34.7 Å². The van der Waals surface area contributed by atoms with Gasteiger partial charge in [-0.1, -0.05) is 38.3 Å². The minimum Gasteiger partial charge on any atom is -0.409 e. The highest BCUT2D eigenvalue weighted by molar-refractivity contribution is 7.99. The largest absolute Gasteiger partial charge is 0.409 e. The molecule has 5 nitrogen and oxygen atoms in total. The minimum atomic E-state index is 0.148. The first-order valence-electron chi connectivity index (χ1n) is 7.74. The SMILES string of the molecule is CCc1nnc(SC2CCCCC2)c(C(N)=NO)c1CC. The van der Waals surface area contributed by atoms with Crippen molar-refractivity contribution in [3.05, 3.63) is 16.8 Å². The van der Waals surface area contributed by atoms with Crippen LogP contribution in [-0.4, -0.2) is 26.5 Å². The molecule has 0 unspecified atom stereocenters. The molecular formula is C15H24N4OS. The highest BCUT2D eigenvalue weighted by Crippen LogP contribution is 2.35. The van der Waals surface area contributed by atoms with E-state index in [-0.39, 0.29) is 5.84 Å². The van der Waals surface area contributed by atoms with E-state index < -0.39 is 0 Å². The first-order chi connectivity index (χ1) is 10.2. The van der Waals surface area contributed by atoms with Crippen LogP contribution in [0.25, 0.3) is 0 Å². The van der Waals surface area contributed by atoms with Crippen LogP contribution < -0.4 is 5.73 Å². The molecule has 1 heterocycles. The molecule has 0 saturated heterocycles. The lowest BCUT2D eigenvalue weighted by Gasteiger charge is -2.22. The van der Waals surface area contributed by atoms with E-state index in [9.17, 15) is 0 Å². The molecule has 1 aromatic rings. The second-order valence-corrected chi connectivity index (χ2v) is 6.66. The Bertz CT molecular complexity index is 513. The van der Waals surface area contributed by atoms with Crippen molar-refractivity contribution in [3.8, 4) is 0 Å². The number of oxime groups is 1. The molecule has 21 heavy (non-hydrogen) atoms. The molecule has 0 atom stereocenters. The molecule has 1 aliphatic carbocycles. The van der Waals surface area contributed by atoms with Gasteiger partial charge >= 0.3 is 0 Å². The van der Waals surface area contributed by atoms with Gasteiger partial charge in [-0.2, -0.15) is 5.10 Å². The van der Waals surface area contributed by atoms with Gasteiger partial charge in [-0.25, -0.2) is 0 Å². The average molecular weight is 308 g/mol. The zero-order chi connectivity index (χ0) is 15.2. The second kappa shape index (κ2) is 7.64. The zero-order valence-electron chi connectivity index (χ0n) is 12.8. The van der Waals surface area contributed by atoms with E-state index in [1.807, 2.05) is 6.92 Å². The number of nitrogens with two attached hydrogens (primary N) is 1. The molecule has 1 fully saturated rings. The lowest BCUT2D eigenvalue weighted by molar-refractivity contribution is 0.318. The van der Waals surface area contributed by atoms with Crippen molar-refractivity contribution in [1.82, 2.24) is 10.2 Å². The van der Waals surface area contributed by atoms with E-state index in [1.54, 1.807) is 11.8 Å². The van der Waals surface area contributed by atoms with Crippen molar-refractivity contribution < 1.29 is 5.21 Å². The standard InChI is InChI=1S/C15H24N4OS/c1-3-11-12(4-2)17-18-15(13(11)14(16)19-20)21-10-8-6-5-7-9-10/h10,20H,3-9H2,1-2H3,(H2,16,19). The fourth-order valence-electron chi connectivity index (χ4n) is 2.89. The summed E-state index contributed by atoms with van der Waals surface area (Å²) < 4.78 is 0. The Balaban J connectivity index is 2.39. The lowest BCUT2D eigenvalue weighted by atomic mass is 10.0. The normalized spacial score (nSPS) is 17.1. The first-order valence-corrected chi connectivity index (χ1v) is 8.62. The Hall–Kier alpha value is -1.30. The van der Waals surface area contributed by atoms with Gasteiger partial charge in [0.25, 0.3) is 0 Å². The fraction of sp³-hybridized carbons (Fsp3) is 0.667. The third kappa shape index (κ3) is 3.67. The summed E-state index contributed by atoms with van der Waals surface area (Å²) in [5.74, 6) is 0.148. The minimum absolute atomic E-state index is 0.148. The third-order valence-electron chi connectivity index (χ3n) is 4.01. The van der Waals surface area contributed by atoms with Gasteiger partial charge in [0, 0.05) is 5.25 Å². The van der Waals surface area contributed by atoms with Crippen LogP contribution in [0.5, 0.6) is 0 Å². The molecule has 0 aliphatic heterocycles. The van der Waals surface area contributed by atoms with Crippen molar-refractivity contribution in [2.45, 2.75) is 69.1 Å². The summed E-state index contributed by atoms with van der Waals surface area (Å²) in [6.07, 6.45) is 7.90. The predicted molar refractivity (Wildman–Crippen MR) is 86.0 cm³/mol. The summed E-state index contributed by atoms with van der Waals surface area (Å²) in [5, 5.41) is 22.4. The molecule has 2 rings (SSSR count). The van der Waals surface area contributed by atoms with Crippen molar-refractivity contribution in [2.75, 3.05) is 0 Å². The maximum Gasteiger partial charge on any atom is 0.173 e. The Morgan fingerprint density at radius 3 is 2.52 bits per heavy atom. The van der Waals surface area contributed by atoms with Crippen molar-refractivity contribution >= 4 is 17.6 Å². The number of hydrogen-bond acceptors (Lipinski definition) is 5. The smallest absolute Gasteiger partial charge is 0.173 e. The van der Waals surface area contributed by atoms with Gasteiger partial charge in [0.1, 0.15) is 5.03 Å². The number of hydrogen-bond donors (Lipinski definition) is 2. The van der Waals surface area contributed by atoms with Gasteiger partial charge in [0.05, 0.1) is 11.3 Å². The van der Waals surface area contributed by atoms with Crippen LogP contribution in [0.1, 0.15) is 62.8 Å². The van der Waals surface area contributed by atoms with Crippen LogP contribution in [0.3, 0.4) is 0 Å². The molecule has 0 radical (unpaired) electrons. The molecule has 0 bridgehead atoms. The third-order valence-corrected chi connectivity index (χ3v) is 5.32. The number of rotatable bonds is 5. The van der Waals surface area contributed by atoms with E-state index in [2.05, 4.69) is 22.3 Å². The summed E-state index contributed by atoms with van der Waals surface area (Å²) in [7, 11) is 0. The molecule has 1 saturated carbocycles. The Labute approximate surface area is 130 Å². The highest BCUT2D eigenvalue weighted by Gasteiger charge is 2.22. The molecule has 116 valence electrons. The van der Waals surface area contributed by atoms with Crippen molar-refractivity contribution in [1.29, 1.82) is 0 Å². The molecule has 0 spiro atoms. The molecule has 6 heteroatoms. The predicted octanol–water partition coefficient (Wildman–Crippen LogP) is 3.12. The van der Waals surface area contributed by atoms with E-state index in [4.69, 9.17) is 10.9 Å². The average Bonchev–Trinajstić information content (AvgIpc) is 2.54. The maximum absolute atomic E-state index is 9.11. The Kier molecular flexibility index (Phi) is 5.85. The van der Waals surface area contributed by atoms with Crippen LogP contribution >= 0.6 is 11.8 Å².